The molecule has 106 valence electrons. The van der Waals surface area contributed by atoms with Crippen molar-refractivity contribution >= 4 is 30.7 Å². The summed E-state index contributed by atoms with van der Waals surface area (Å²) in [5.41, 5.74) is 1.17. The maximum atomic E-state index is 4.54. The number of aromatic nitrogens is 1. The molecule has 0 aliphatic carbocycles. The van der Waals surface area contributed by atoms with E-state index in [1.165, 1.54) is 46.9 Å². The lowest BCUT2D eigenvalue weighted by Crippen LogP contribution is -2.24. The molecule has 1 aromatic heterocycles. The molecule has 20 heavy (non-hydrogen) atoms. The minimum atomic E-state index is -0.807. The lowest BCUT2D eigenvalue weighted by Gasteiger charge is -2.20. The smallest absolute Gasteiger partial charge is 0.0837 e. The van der Waals surface area contributed by atoms with E-state index in [1.54, 1.807) is 12.1 Å². The van der Waals surface area contributed by atoms with Crippen molar-refractivity contribution in [2.75, 3.05) is 5.75 Å². The van der Waals surface area contributed by atoms with Gasteiger partial charge in [0.2, 0.25) is 0 Å². The molecule has 2 heterocycles. The largest absolute Gasteiger partial charge is 0.255 e. The van der Waals surface area contributed by atoms with Crippen molar-refractivity contribution in [1.82, 2.24) is 4.98 Å². The molecule has 0 unspecified atom stereocenters. The summed E-state index contributed by atoms with van der Waals surface area (Å²) in [5, 5.41) is 1.26. The van der Waals surface area contributed by atoms with Crippen LogP contribution in [0.5, 0.6) is 0 Å². The molecule has 1 aromatic carbocycles. The van der Waals surface area contributed by atoms with Gasteiger partial charge in [-0.15, -0.1) is 11.8 Å². The number of para-hydroxylation sites is 1. The second kappa shape index (κ2) is 6.31. The van der Waals surface area contributed by atoms with Crippen LogP contribution in [0.25, 0.3) is 10.9 Å². The highest BCUT2D eigenvalue weighted by molar-refractivity contribution is 7.99. The highest BCUT2D eigenvalue weighted by atomic mass is 32.2. The van der Waals surface area contributed by atoms with E-state index in [-0.39, 0.29) is 0 Å². The van der Waals surface area contributed by atoms with Crippen LogP contribution >= 0.6 is 11.8 Å². The van der Waals surface area contributed by atoms with Gasteiger partial charge >= 0.3 is 0 Å². The molecule has 1 aliphatic heterocycles. The first-order chi connectivity index (χ1) is 9.77. The molecule has 1 nitrogen and oxygen atoms in total. The maximum absolute atomic E-state index is 4.54. The van der Waals surface area contributed by atoms with E-state index in [4.69, 9.17) is 0 Å². The molecule has 1 saturated heterocycles. The van der Waals surface area contributed by atoms with Crippen LogP contribution in [0.1, 0.15) is 19.3 Å². The summed E-state index contributed by atoms with van der Waals surface area (Å²) in [5.74, 6) is 1.25. The SMILES string of the molecule is C[Si]1(CCCSc2cccc3cccnc23)CCCC1. The van der Waals surface area contributed by atoms with E-state index < -0.39 is 8.07 Å². The lowest BCUT2D eigenvalue weighted by atomic mass is 10.2. The number of fused-ring (bicyclic) bond motifs is 1. The average Bonchev–Trinajstić information content (AvgIpc) is 2.91. The number of pyridine rings is 1. The Bertz CT molecular complexity index is 573. The van der Waals surface area contributed by atoms with Crippen LogP contribution in [-0.4, -0.2) is 18.8 Å². The maximum Gasteiger partial charge on any atom is 0.0837 e. The molecule has 0 bridgehead atoms. The van der Waals surface area contributed by atoms with E-state index in [0.29, 0.717) is 0 Å². The fourth-order valence-electron chi connectivity index (χ4n) is 3.35. The van der Waals surface area contributed by atoms with Crippen molar-refractivity contribution in [3.8, 4) is 0 Å². The first-order valence-electron chi connectivity index (χ1n) is 7.73. The number of rotatable bonds is 5. The summed E-state index contributed by atoms with van der Waals surface area (Å²) in [4.78, 5) is 5.89. The molecule has 3 rings (SSSR count). The Balaban J connectivity index is 1.57. The van der Waals surface area contributed by atoms with Crippen molar-refractivity contribution in [3.63, 3.8) is 0 Å². The molecule has 3 heteroatoms. The van der Waals surface area contributed by atoms with E-state index >= 15 is 0 Å². The summed E-state index contributed by atoms with van der Waals surface area (Å²) >= 11 is 1.99. The Morgan fingerprint density at radius 3 is 2.80 bits per heavy atom. The van der Waals surface area contributed by atoms with Gasteiger partial charge in [-0.05, 0) is 24.3 Å². The Hall–Kier alpha value is -0.803. The number of nitrogens with zero attached hydrogens (tertiary/aromatic N) is 1. The molecule has 0 N–H and O–H groups in total. The third-order valence-electron chi connectivity index (χ3n) is 4.59. The van der Waals surface area contributed by atoms with Crippen molar-refractivity contribution < 1.29 is 0 Å². The van der Waals surface area contributed by atoms with Crippen LogP contribution in [0.15, 0.2) is 41.4 Å². The number of thioether (sulfide) groups is 1. The van der Waals surface area contributed by atoms with Gasteiger partial charge in [-0.25, -0.2) is 0 Å². The number of hydrogen-bond donors (Lipinski definition) is 0. The summed E-state index contributed by atoms with van der Waals surface area (Å²) in [6.45, 7) is 2.62. The van der Waals surface area contributed by atoms with Crippen LogP contribution in [0.3, 0.4) is 0 Å². The summed E-state index contributed by atoms with van der Waals surface area (Å²) < 4.78 is 0. The third-order valence-corrected chi connectivity index (χ3v) is 10.4. The minimum Gasteiger partial charge on any atom is -0.255 e. The number of hydrogen-bond acceptors (Lipinski definition) is 2. The number of benzene rings is 1. The zero-order chi connectivity index (χ0) is 13.8. The molecule has 0 spiro atoms. The normalized spacial score (nSPS) is 17.6. The standard InChI is InChI=1S/C17H23NSSi/c1-20(12-2-3-13-20)14-6-11-19-16-9-4-7-15-8-5-10-18-17(15)16/h4-5,7-10H,2-3,6,11-14H2,1H3. The predicted octanol–water partition coefficient (Wildman–Crippen LogP) is 5.59. The van der Waals surface area contributed by atoms with Gasteiger partial charge in [0, 0.05) is 16.5 Å². The van der Waals surface area contributed by atoms with Gasteiger partial charge in [0.1, 0.15) is 0 Å². The van der Waals surface area contributed by atoms with Gasteiger partial charge in [-0.2, -0.15) is 0 Å². The highest BCUT2D eigenvalue weighted by Crippen LogP contribution is 2.35. The molecule has 0 atom stereocenters. The minimum absolute atomic E-state index is 0.807. The fraction of sp³-hybridized carbons (Fsp3) is 0.471. The quantitative estimate of drug-likeness (QED) is 0.405. The average molecular weight is 302 g/mol. The first kappa shape index (κ1) is 14.1. The third kappa shape index (κ3) is 3.26. The molecular formula is C17H23NSSi. The Morgan fingerprint density at radius 1 is 1.15 bits per heavy atom. The summed E-state index contributed by atoms with van der Waals surface area (Å²) in [7, 11) is -0.807. The van der Waals surface area contributed by atoms with E-state index in [0.717, 1.165) is 0 Å². The predicted molar refractivity (Wildman–Crippen MR) is 92.4 cm³/mol. The van der Waals surface area contributed by atoms with Crippen molar-refractivity contribution in [2.24, 2.45) is 0 Å². The van der Waals surface area contributed by atoms with Crippen LogP contribution in [0, 0.1) is 0 Å². The molecule has 0 amide bonds. The molecule has 0 saturated carbocycles. The lowest BCUT2D eigenvalue weighted by molar-refractivity contribution is 0.935. The molecule has 1 fully saturated rings. The van der Waals surface area contributed by atoms with E-state index in [9.17, 15) is 0 Å². The van der Waals surface area contributed by atoms with Crippen molar-refractivity contribution in [3.05, 3.63) is 36.5 Å². The van der Waals surface area contributed by atoms with Gasteiger partial charge < -0.3 is 0 Å². The van der Waals surface area contributed by atoms with Crippen LogP contribution in [0.2, 0.25) is 24.7 Å². The van der Waals surface area contributed by atoms with Gasteiger partial charge in [0.15, 0.2) is 0 Å². The molecule has 2 aromatic rings. The molecular weight excluding hydrogens is 278 g/mol. The van der Waals surface area contributed by atoms with Crippen LogP contribution in [0.4, 0.5) is 0 Å². The van der Waals surface area contributed by atoms with Gasteiger partial charge in [0.05, 0.1) is 13.6 Å². The highest BCUT2D eigenvalue weighted by Gasteiger charge is 2.29. The summed E-state index contributed by atoms with van der Waals surface area (Å²) in [6, 6.07) is 15.4. The van der Waals surface area contributed by atoms with Crippen molar-refractivity contribution in [1.29, 1.82) is 0 Å². The van der Waals surface area contributed by atoms with Gasteiger partial charge in [-0.3, -0.25) is 4.98 Å². The zero-order valence-electron chi connectivity index (χ0n) is 12.3. The van der Waals surface area contributed by atoms with Gasteiger partial charge in [0.25, 0.3) is 0 Å². The van der Waals surface area contributed by atoms with E-state index in [2.05, 4.69) is 35.8 Å². The summed E-state index contributed by atoms with van der Waals surface area (Å²) in [6.07, 6.45) is 6.29. The fourth-order valence-corrected chi connectivity index (χ4v) is 8.59. The van der Waals surface area contributed by atoms with E-state index in [1.807, 2.05) is 24.0 Å². The Morgan fingerprint density at radius 2 is 1.95 bits per heavy atom. The second-order valence-electron chi connectivity index (χ2n) is 6.30. The first-order valence-corrected chi connectivity index (χ1v) is 11.8. The Labute approximate surface area is 127 Å². The van der Waals surface area contributed by atoms with Crippen LogP contribution in [-0.2, 0) is 0 Å². The molecule has 1 aliphatic rings. The van der Waals surface area contributed by atoms with Crippen LogP contribution < -0.4 is 0 Å². The molecule has 0 radical (unpaired) electrons. The zero-order valence-corrected chi connectivity index (χ0v) is 14.1. The monoisotopic (exact) mass is 301 g/mol. The topological polar surface area (TPSA) is 12.9 Å². The van der Waals surface area contributed by atoms with Gasteiger partial charge in [-0.1, -0.05) is 55.7 Å². The Kier molecular flexibility index (Phi) is 4.47. The van der Waals surface area contributed by atoms with Crippen molar-refractivity contribution in [2.45, 2.75) is 48.8 Å². The second-order valence-corrected chi connectivity index (χ2v) is 12.6.